The van der Waals surface area contributed by atoms with E-state index in [1.165, 1.54) is 6.07 Å². The van der Waals surface area contributed by atoms with Crippen molar-refractivity contribution in [3.05, 3.63) is 0 Å². The minimum absolute atomic E-state index is 0.628. The van der Waals surface area contributed by atoms with Crippen LogP contribution >= 0.6 is 0 Å². The van der Waals surface area contributed by atoms with E-state index in [1.807, 2.05) is 11.8 Å². The highest BCUT2D eigenvalue weighted by Gasteiger charge is 1.48. The third kappa shape index (κ3) is 2.72. The van der Waals surface area contributed by atoms with Crippen LogP contribution in [0.5, 0.6) is 0 Å². The smallest absolute Gasteiger partial charge is 0.152 e. The van der Waals surface area contributed by atoms with Gasteiger partial charge in [-0.1, -0.05) is 0 Å². The van der Waals surface area contributed by atoms with E-state index in [4.69, 9.17) is 10.7 Å². The highest BCUT2D eigenvalue weighted by atomic mass is 14.3. The van der Waals surface area contributed by atoms with Gasteiger partial charge in [0.1, 0.15) is 6.21 Å². The molecule has 27 valence electrons. The molecule has 0 saturated heterocycles. The van der Waals surface area contributed by atoms with Crippen molar-refractivity contribution in [2.75, 3.05) is 0 Å². The molecular weight excluding hydrogens is 76.1 g/mol. The monoisotopic (exact) mass is 77.0 g/mol. The summed E-state index contributed by atoms with van der Waals surface area (Å²) >= 11 is 0. The van der Waals surface area contributed by atoms with Crippen LogP contribution in [0.2, 0.25) is 0 Å². The average Bonchev–Trinajstić information content (AvgIpc) is 1.61. The molecule has 0 aromatic carbocycles. The van der Waals surface area contributed by atoms with E-state index in [0.717, 1.165) is 0 Å². The van der Waals surface area contributed by atoms with Gasteiger partial charge in [0.2, 0.25) is 0 Å². The molecule has 0 aliphatic heterocycles. The molecule has 0 bridgehead atoms. The van der Waals surface area contributed by atoms with Crippen molar-refractivity contribution in [1.29, 1.82) is 5.26 Å². The van der Waals surface area contributed by atoms with Crippen LogP contribution in [0.15, 0.2) is 0 Å². The van der Waals surface area contributed by atoms with Crippen molar-refractivity contribution < 1.29 is 0 Å². The summed E-state index contributed by atoms with van der Waals surface area (Å²) < 4.78 is 0. The van der Waals surface area contributed by atoms with Crippen molar-refractivity contribution >= 4 is 6.21 Å². The van der Waals surface area contributed by atoms with Gasteiger partial charge in [0.05, 0.1) is 0 Å². The summed E-state index contributed by atoms with van der Waals surface area (Å²) in [5, 5.41) is 15.4. The first-order chi connectivity index (χ1) is 2.91. The second-order valence-corrected chi connectivity index (χ2v) is 0.510. The predicted molar refractivity (Wildman–Crippen MR) is 21.6 cm³/mol. The Hall–Kier alpha value is -1.28. The largest absolute Gasteiger partial charge is 0.183 e. The maximum absolute atomic E-state index is 7.75. The van der Waals surface area contributed by atoms with E-state index < -0.39 is 0 Å². The molecule has 0 fully saturated rings. The highest BCUT2D eigenvalue weighted by molar-refractivity contribution is 5.76. The number of rotatable bonds is 0. The van der Waals surface area contributed by atoms with Crippen molar-refractivity contribution in [2.45, 2.75) is 0 Å². The minimum Gasteiger partial charge on any atom is -0.183 e. The van der Waals surface area contributed by atoms with Gasteiger partial charge in [-0.3, -0.25) is 0 Å². The summed E-state index contributed by atoms with van der Waals surface area (Å²) in [6.45, 7) is 0. The molecule has 0 amide bonds. The van der Waals surface area contributed by atoms with Gasteiger partial charge in [-0.2, -0.15) is 5.26 Å². The van der Waals surface area contributed by atoms with Crippen molar-refractivity contribution in [2.24, 2.45) is 0 Å². The molecule has 0 aromatic heterocycles. The Balaban J connectivity index is 3.50. The summed E-state index contributed by atoms with van der Waals surface area (Å²) in [7, 11) is 0. The van der Waals surface area contributed by atoms with Gasteiger partial charge >= 0.3 is 0 Å². The average molecular weight is 77.1 g/mol. The maximum atomic E-state index is 7.75. The molecule has 2 nitrogen and oxygen atoms in total. The molecule has 2 heteroatoms. The van der Waals surface area contributed by atoms with Crippen LogP contribution in [0.1, 0.15) is 0 Å². The van der Waals surface area contributed by atoms with E-state index in [-0.39, 0.29) is 0 Å². The molecule has 0 spiro atoms. The van der Waals surface area contributed by atoms with Crippen molar-refractivity contribution in [3.63, 3.8) is 0 Å². The fourth-order valence-electron chi connectivity index (χ4n) is 0.0645. The van der Waals surface area contributed by atoms with Gasteiger partial charge in [0.25, 0.3) is 0 Å². The minimum atomic E-state index is 0.628. The SMILES string of the molecule is [N]=CC#CC#N. The Kier molecular flexibility index (Phi) is 2.93. The molecule has 6 heavy (non-hydrogen) atoms. The van der Waals surface area contributed by atoms with Crippen LogP contribution in [0.4, 0.5) is 0 Å². The zero-order valence-electron chi connectivity index (χ0n) is 2.97. The van der Waals surface area contributed by atoms with E-state index in [0.29, 0.717) is 6.21 Å². The zero-order valence-corrected chi connectivity index (χ0v) is 2.97. The first-order valence-electron chi connectivity index (χ1n) is 1.27. The number of hydrogen-bond acceptors (Lipinski definition) is 1. The summed E-state index contributed by atoms with van der Waals surface area (Å²) in [5.74, 6) is 3.97. The Morgan fingerprint density at radius 1 is 1.50 bits per heavy atom. The molecule has 0 heterocycles. The van der Waals surface area contributed by atoms with Gasteiger partial charge in [-0.05, 0) is 5.92 Å². The molecule has 0 saturated carbocycles. The highest BCUT2D eigenvalue weighted by Crippen LogP contribution is 1.39. The Bertz CT molecular complexity index is 130. The summed E-state index contributed by atoms with van der Waals surface area (Å²) in [6, 6.07) is 1.52. The van der Waals surface area contributed by atoms with Crippen LogP contribution in [0, 0.1) is 23.2 Å². The van der Waals surface area contributed by atoms with Gasteiger partial charge in [0, 0.05) is 5.92 Å². The van der Waals surface area contributed by atoms with Gasteiger partial charge in [-0.25, -0.2) is 0 Å². The fraction of sp³-hybridized carbons (Fsp3) is 0. The molecule has 0 rings (SSSR count). The predicted octanol–water partition coefficient (Wildman–Crippen LogP) is -0.616. The van der Waals surface area contributed by atoms with E-state index >= 15 is 0 Å². The lowest BCUT2D eigenvalue weighted by atomic mass is 10.6. The standard InChI is InChI=1S/C4HN2/c5-3-1-2-4-6/h3H. The number of nitriles is 1. The third-order valence-electron chi connectivity index (χ3n) is 0.193. The molecular formula is C4HN2. The Morgan fingerprint density at radius 3 is 2.33 bits per heavy atom. The van der Waals surface area contributed by atoms with Crippen molar-refractivity contribution in [1.82, 2.24) is 5.41 Å². The summed E-state index contributed by atoms with van der Waals surface area (Å²) in [4.78, 5) is 0. The normalized spacial score (nSPS) is 3.83. The third-order valence-corrected chi connectivity index (χ3v) is 0.193. The maximum Gasteiger partial charge on any atom is 0.152 e. The van der Waals surface area contributed by atoms with Gasteiger partial charge in [0.15, 0.2) is 6.07 Å². The van der Waals surface area contributed by atoms with Crippen LogP contribution in [-0.2, 0) is 0 Å². The van der Waals surface area contributed by atoms with Crippen LogP contribution < -0.4 is 5.41 Å². The second kappa shape index (κ2) is 3.72. The summed E-state index contributed by atoms with van der Waals surface area (Å²) in [6.07, 6.45) is 0.628. The van der Waals surface area contributed by atoms with E-state index in [1.54, 1.807) is 0 Å². The van der Waals surface area contributed by atoms with Crippen molar-refractivity contribution in [3.8, 4) is 17.9 Å². The molecule has 0 atom stereocenters. The Morgan fingerprint density at radius 2 is 2.17 bits per heavy atom. The quantitative estimate of drug-likeness (QED) is 0.281. The van der Waals surface area contributed by atoms with Crippen LogP contribution in [0.25, 0.3) is 0 Å². The number of nitrogens with zero attached hydrogens (tertiary/aromatic N) is 2. The first kappa shape index (κ1) is 4.72. The van der Waals surface area contributed by atoms with Gasteiger partial charge in [-0.15, -0.1) is 5.41 Å². The lowest BCUT2D eigenvalue weighted by Crippen LogP contribution is -1.58. The first-order valence-corrected chi connectivity index (χ1v) is 1.27. The molecule has 0 aromatic rings. The van der Waals surface area contributed by atoms with Crippen LogP contribution in [-0.4, -0.2) is 6.21 Å². The molecule has 1 radical (unpaired) electrons. The van der Waals surface area contributed by atoms with E-state index in [9.17, 15) is 0 Å². The lowest BCUT2D eigenvalue weighted by Gasteiger charge is -1.42. The summed E-state index contributed by atoms with van der Waals surface area (Å²) in [5.41, 5.74) is 0. The van der Waals surface area contributed by atoms with Gasteiger partial charge < -0.3 is 0 Å². The topological polar surface area (TPSA) is 46.1 Å². The number of hydrogen-bond donors (Lipinski definition) is 0. The second-order valence-electron chi connectivity index (χ2n) is 0.510. The fourth-order valence-corrected chi connectivity index (χ4v) is 0.0645. The van der Waals surface area contributed by atoms with Crippen LogP contribution in [0.3, 0.4) is 0 Å². The molecule has 0 N–H and O–H groups in total. The van der Waals surface area contributed by atoms with E-state index in [2.05, 4.69) is 0 Å². The molecule has 0 unspecified atom stereocenters. The zero-order chi connectivity index (χ0) is 4.83. The molecule has 0 aliphatic carbocycles. The lowest BCUT2D eigenvalue weighted by molar-refractivity contribution is 1.55. The Labute approximate surface area is 35.9 Å². The molecule has 0 aliphatic rings.